The molecule has 3 heterocycles. The summed E-state index contributed by atoms with van der Waals surface area (Å²) in [5.41, 5.74) is 2.97. The third kappa shape index (κ3) is 3.01. The lowest BCUT2D eigenvalue weighted by Gasteiger charge is -2.10. The van der Waals surface area contributed by atoms with Gasteiger partial charge in [-0.3, -0.25) is 15.0 Å². The van der Waals surface area contributed by atoms with Crippen LogP contribution in [-0.2, 0) is 6.18 Å². The fourth-order valence-electron chi connectivity index (χ4n) is 2.86. The van der Waals surface area contributed by atoms with Gasteiger partial charge in [-0.2, -0.15) is 13.2 Å². The number of hydrogen-bond acceptors (Lipinski definition) is 3. The average Bonchev–Trinajstić information content (AvgIpc) is 2.67. The molecule has 26 heavy (non-hydrogen) atoms. The maximum absolute atomic E-state index is 13.0. The van der Waals surface area contributed by atoms with Crippen LogP contribution in [0.1, 0.15) is 5.56 Å². The highest BCUT2D eigenvalue weighted by Crippen LogP contribution is 2.34. The first-order valence-electron chi connectivity index (χ1n) is 7.84. The van der Waals surface area contributed by atoms with Gasteiger partial charge < -0.3 is 0 Å². The van der Waals surface area contributed by atoms with E-state index < -0.39 is 11.7 Å². The van der Waals surface area contributed by atoms with Crippen molar-refractivity contribution in [1.29, 1.82) is 0 Å². The van der Waals surface area contributed by atoms with E-state index in [9.17, 15) is 13.2 Å². The highest BCUT2D eigenvalue weighted by atomic mass is 19.4. The molecule has 3 nitrogen and oxygen atoms in total. The first-order valence-corrected chi connectivity index (χ1v) is 7.84. The van der Waals surface area contributed by atoms with Crippen LogP contribution in [0.15, 0.2) is 73.4 Å². The molecular formula is C20H12F3N3. The molecule has 4 rings (SSSR count). The van der Waals surface area contributed by atoms with Crippen molar-refractivity contribution < 1.29 is 13.2 Å². The minimum atomic E-state index is -4.43. The predicted molar refractivity (Wildman–Crippen MR) is 93.2 cm³/mol. The van der Waals surface area contributed by atoms with E-state index in [1.807, 2.05) is 24.3 Å². The summed E-state index contributed by atoms with van der Waals surface area (Å²) in [4.78, 5) is 12.1. The third-order valence-corrected chi connectivity index (χ3v) is 4.13. The Labute approximate surface area is 147 Å². The average molecular weight is 351 g/mol. The highest BCUT2D eigenvalue weighted by molar-refractivity contribution is 5.96. The molecule has 128 valence electrons. The molecular weight excluding hydrogens is 339 g/mol. The SMILES string of the molecule is FC(F)(F)c1cncc(-c2ccc3nccc(-c4ccncc4)c3c2)c1. The Morgan fingerprint density at radius 2 is 1.50 bits per heavy atom. The first-order chi connectivity index (χ1) is 12.5. The number of alkyl halides is 3. The number of pyridine rings is 3. The molecule has 0 saturated carbocycles. The Kier molecular flexibility index (Phi) is 3.88. The zero-order valence-corrected chi connectivity index (χ0v) is 13.4. The Hall–Kier alpha value is -3.28. The van der Waals surface area contributed by atoms with Crippen LogP contribution in [0.5, 0.6) is 0 Å². The van der Waals surface area contributed by atoms with Crippen LogP contribution >= 0.6 is 0 Å². The maximum Gasteiger partial charge on any atom is 0.417 e. The van der Waals surface area contributed by atoms with Crippen LogP contribution in [0.3, 0.4) is 0 Å². The zero-order chi connectivity index (χ0) is 18.1. The van der Waals surface area contributed by atoms with Gasteiger partial charge in [0.2, 0.25) is 0 Å². The molecule has 0 aliphatic carbocycles. The van der Waals surface area contributed by atoms with Crippen molar-refractivity contribution in [1.82, 2.24) is 15.0 Å². The second-order valence-electron chi connectivity index (χ2n) is 5.79. The molecule has 0 atom stereocenters. The second-order valence-corrected chi connectivity index (χ2v) is 5.79. The van der Waals surface area contributed by atoms with Crippen molar-refractivity contribution in [2.75, 3.05) is 0 Å². The van der Waals surface area contributed by atoms with Gasteiger partial charge >= 0.3 is 6.18 Å². The lowest BCUT2D eigenvalue weighted by Crippen LogP contribution is -2.05. The Morgan fingerprint density at radius 1 is 0.692 bits per heavy atom. The number of nitrogens with zero attached hydrogens (tertiary/aromatic N) is 3. The smallest absolute Gasteiger partial charge is 0.265 e. The molecule has 0 fully saturated rings. The number of hydrogen-bond donors (Lipinski definition) is 0. The summed E-state index contributed by atoms with van der Waals surface area (Å²) in [5, 5.41) is 0.855. The molecule has 1 aromatic carbocycles. The van der Waals surface area contributed by atoms with E-state index in [2.05, 4.69) is 15.0 Å². The quantitative estimate of drug-likeness (QED) is 0.487. The van der Waals surface area contributed by atoms with Crippen LogP contribution in [0, 0.1) is 0 Å². The van der Waals surface area contributed by atoms with Gasteiger partial charge in [-0.25, -0.2) is 0 Å². The molecule has 4 aromatic rings. The van der Waals surface area contributed by atoms with Gasteiger partial charge in [0, 0.05) is 41.9 Å². The van der Waals surface area contributed by atoms with E-state index in [-0.39, 0.29) is 0 Å². The maximum atomic E-state index is 13.0. The molecule has 0 amide bonds. The summed E-state index contributed by atoms with van der Waals surface area (Å²) in [6.07, 6.45) is 2.94. The van der Waals surface area contributed by atoms with E-state index in [1.54, 1.807) is 30.7 Å². The van der Waals surface area contributed by atoms with Gasteiger partial charge in [-0.05, 0) is 53.1 Å². The molecule has 0 aliphatic heterocycles. The van der Waals surface area contributed by atoms with Gasteiger partial charge in [0.25, 0.3) is 0 Å². The van der Waals surface area contributed by atoms with Gasteiger partial charge in [0.1, 0.15) is 0 Å². The monoisotopic (exact) mass is 351 g/mol. The van der Waals surface area contributed by atoms with Crippen LogP contribution in [0.4, 0.5) is 13.2 Å². The normalized spacial score (nSPS) is 11.7. The summed E-state index contributed by atoms with van der Waals surface area (Å²) in [7, 11) is 0. The topological polar surface area (TPSA) is 38.7 Å². The minimum Gasteiger partial charge on any atom is -0.265 e. The van der Waals surface area contributed by atoms with Gasteiger partial charge in [-0.15, -0.1) is 0 Å². The van der Waals surface area contributed by atoms with Crippen molar-refractivity contribution in [3.63, 3.8) is 0 Å². The van der Waals surface area contributed by atoms with Gasteiger partial charge in [0.05, 0.1) is 11.1 Å². The van der Waals surface area contributed by atoms with E-state index in [0.717, 1.165) is 34.3 Å². The van der Waals surface area contributed by atoms with Crippen molar-refractivity contribution in [3.05, 3.63) is 79.0 Å². The van der Waals surface area contributed by atoms with Crippen molar-refractivity contribution in [3.8, 4) is 22.3 Å². The zero-order valence-electron chi connectivity index (χ0n) is 13.4. The number of benzene rings is 1. The Morgan fingerprint density at radius 3 is 2.27 bits per heavy atom. The Balaban J connectivity index is 1.89. The molecule has 0 saturated heterocycles. The summed E-state index contributed by atoms with van der Waals surface area (Å²) < 4.78 is 38.9. The van der Waals surface area contributed by atoms with Crippen LogP contribution in [0.2, 0.25) is 0 Å². The Bertz CT molecular complexity index is 1080. The molecule has 0 spiro atoms. The number of rotatable bonds is 2. The number of halogens is 3. The third-order valence-electron chi connectivity index (χ3n) is 4.13. The van der Waals surface area contributed by atoms with Crippen LogP contribution in [-0.4, -0.2) is 15.0 Å². The fourth-order valence-corrected chi connectivity index (χ4v) is 2.86. The molecule has 0 radical (unpaired) electrons. The first kappa shape index (κ1) is 16.2. The van der Waals surface area contributed by atoms with E-state index in [4.69, 9.17) is 0 Å². The summed E-state index contributed by atoms with van der Waals surface area (Å²) in [5.74, 6) is 0. The molecule has 0 bridgehead atoms. The molecule has 6 heteroatoms. The summed E-state index contributed by atoms with van der Waals surface area (Å²) >= 11 is 0. The predicted octanol–water partition coefficient (Wildman–Crippen LogP) is 5.38. The fraction of sp³-hybridized carbons (Fsp3) is 0.0500. The molecule has 0 N–H and O–H groups in total. The number of fused-ring (bicyclic) bond motifs is 1. The van der Waals surface area contributed by atoms with Crippen LogP contribution < -0.4 is 0 Å². The lowest BCUT2D eigenvalue weighted by molar-refractivity contribution is -0.137. The number of aromatic nitrogens is 3. The van der Waals surface area contributed by atoms with Gasteiger partial charge in [-0.1, -0.05) is 6.07 Å². The van der Waals surface area contributed by atoms with E-state index in [0.29, 0.717) is 11.1 Å². The van der Waals surface area contributed by atoms with E-state index >= 15 is 0 Å². The van der Waals surface area contributed by atoms with Crippen LogP contribution in [0.25, 0.3) is 33.2 Å². The van der Waals surface area contributed by atoms with Crippen molar-refractivity contribution >= 4 is 10.9 Å². The summed E-state index contributed by atoms with van der Waals surface area (Å²) in [6.45, 7) is 0. The largest absolute Gasteiger partial charge is 0.417 e. The molecule has 3 aromatic heterocycles. The van der Waals surface area contributed by atoms with Crippen molar-refractivity contribution in [2.24, 2.45) is 0 Å². The summed E-state index contributed by atoms with van der Waals surface area (Å²) in [6, 6.07) is 12.1. The second kappa shape index (κ2) is 6.22. The van der Waals surface area contributed by atoms with Gasteiger partial charge in [0.15, 0.2) is 0 Å². The standard InChI is InChI=1S/C20H12F3N3/c21-20(22,23)16-9-15(11-25-12-16)14-1-2-19-18(10-14)17(5-8-26-19)13-3-6-24-7-4-13/h1-12H. The lowest BCUT2D eigenvalue weighted by atomic mass is 9.98. The molecule has 0 unspecified atom stereocenters. The molecule has 0 aliphatic rings. The van der Waals surface area contributed by atoms with E-state index in [1.165, 1.54) is 6.20 Å². The highest BCUT2D eigenvalue weighted by Gasteiger charge is 2.31. The minimum absolute atomic E-state index is 0.409. The van der Waals surface area contributed by atoms with Crippen molar-refractivity contribution in [2.45, 2.75) is 6.18 Å².